The molecule has 2 atom stereocenters. The fourth-order valence-electron chi connectivity index (χ4n) is 3.11. The molecule has 160 valence electrons. The normalized spacial score (nSPS) is 13.8. The molecule has 0 saturated heterocycles. The van der Waals surface area contributed by atoms with Gasteiger partial charge in [0, 0.05) is 5.41 Å². The van der Waals surface area contributed by atoms with E-state index in [2.05, 4.69) is 29.5 Å². The maximum Gasteiger partial charge on any atom is 0.262 e. The predicted octanol–water partition coefficient (Wildman–Crippen LogP) is 5.43. The van der Waals surface area contributed by atoms with Gasteiger partial charge in [-0.05, 0) is 36.6 Å². The van der Waals surface area contributed by atoms with Gasteiger partial charge in [0.2, 0.25) is 5.91 Å². The van der Waals surface area contributed by atoms with E-state index in [1.54, 1.807) is 0 Å². The summed E-state index contributed by atoms with van der Waals surface area (Å²) in [4.78, 5) is 34.1. The molecule has 0 radical (unpaired) electrons. The molecule has 7 heteroatoms. The molecule has 6 nitrogen and oxygen atoms in total. The van der Waals surface area contributed by atoms with Crippen molar-refractivity contribution in [1.82, 2.24) is 15.3 Å². The summed E-state index contributed by atoms with van der Waals surface area (Å²) in [6.07, 6.45) is 0.901. The summed E-state index contributed by atoms with van der Waals surface area (Å²) in [5, 5.41) is 6.76. The van der Waals surface area contributed by atoms with Gasteiger partial charge in [-0.3, -0.25) is 9.59 Å². The lowest BCUT2D eigenvalue weighted by molar-refractivity contribution is -0.123. The Morgan fingerprint density at radius 1 is 1.23 bits per heavy atom. The number of carbonyl (C=O) groups is 2. The highest BCUT2D eigenvalue weighted by Crippen LogP contribution is 2.30. The lowest BCUT2D eigenvalue weighted by Crippen LogP contribution is -2.33. The van der Waals surface area contributed by atoms with Gasteiger partial charge in [0.15, 0.2) is 0 Å². The fourth-order valence-corrected chi connectivity index (χ4v) is 4.08. The van der Waals surface area contributed by atoms with Gasteiger partial charge in [0.25, 0.3) is 5.91 Å². The van der Waals surface area contributed by atoms with Crippen molar-refractivity contribution in [3.63, 3.8) is 0 Å². The number of thiophene rings is 1. The van der Waals surface area contributed by atoms with E-state index < -0.39 is 5.41 Å². The van der Waals surface area contributed by atoms with Gasteiger partial charge in [-0.1, -0.05) is 53.2 Å². The van der Waals surface area contributed by atoms with Gasteiger partial charge in [-0.2, -0.15) is 0 Å². The average Bonchev–Trinajstić information content (AvgIpc) is 3.27. The van der Waals surface area contributed by atoms with Crippen LogP contribution < -0.4 is 10.6 Å². The molecule has 2 aromatic heterocycles. The molecule has 3 rings (SSSR count). The second-order valence-electron chi connectivity index (χ2n) is 8.80. The van der Waals surface area contributed by atoms with Crippen molar-refractivity contribution in [2.75, 3.05) is 5.32 Å². The number of hydrogen-bond donors (Lipinski definition) is 3. The Bertz CT molecular complexity index is 1030. The second-order valence-corrected chi connectivity index (χ2v) is 9.85. The minimum Gasteiger partial charge on any atom is -0.341 e. The monoisotopic (exact) mass is 426 g/mol. The zero-order chi connectivity index (χ0) is 22.1. The van der Waals surface area contributed by atoms with Crippen LogP contribution in [0.3, 0.4) is 0 Å². The van der Waals surface area contributed by atoms with Crippen LogP contribution in [0.15, 0.2) is 30.3 Å². The van der Waals surface area contributed by atoms with E-state index in [4.69, 9.17) is 4.98 Å². The van der Waals surface area contributed by atoms with E-state index in [0.29, 0.717) is 9.88 Å². The van der Waals surface area contributed by atoms with Gasteiger partial charge in [0.05, 0.1) is 27.0 Å². The van der Waals surface area contributed by atoms with Crippen LogP contribution in [0.25, 0.3) is 11.0 Å². The van der Waals surface area contributed by atoms with Gasteiger partial charge < -0.3 is 15.6 Å². The predicted molar refractivity (Wildman–Crippen MR) is 123 cm³/mol. The first kappa shape index (κ1) is 22.0. The van der Waals surface area contributed by atoms with Gasteiger partial charge in [-0.15, -0.1) is 11.3 Å². The van der Waals surface area contributed by atoms with Crippen LogP contribution in [0.1, 0.15) is 68.1 Å². The summed E-state index contributed by atoms with van der Waals surface area (Å²) < 4.78 is 0. The van der Waals surface area contributed by atoms with Crippen LogP contribution in [-0.4, -0.2) is 21.8 Å². The molecule has 0 bridgehead atoms. The lowest BCUT2D eigenvalue weighted by atomic mass is 9.96. The molecule has 30 heavy (non-hydrogen) atoms. The van der Waals surface area contributed by atoms with E-state index in [1.165, 1.54) is 11.3 Å². The van der Waals surface area contributed by atoms with E-state index in [-0.39, 0.29) is 23.8 Å². The molecule has 2 unspecified atom stereocenters. The van der Waals surface area contributed by atoms with Crippen molar-refractivity contribution in [3.05, 3.63) is 46.6 Å². The lowest BCUT2D eigenvalue weighted by Gasteiger charge is -2.22. The molecule has 2 amide bonds. The highest BCUT2D eigenvalue weighted by molar-refractivity contribution is 7.18. The molecular weight excluding hydrogens is 396 g/mol. The molecule has 0 aliphatic heterocycles. The fraction of sp³-hybridized carbons (Fsp3) is 0.435. The molecular formula is C23H30N4O2S. The number of H-pyrrole nitrogens is 1. The first-order valence-corrected chi connectivity index (χ1v) is 11.1. The van der Waals surface area contributed by atoms with Crippen molar-refractivity contribution in [1.29, 1.82) is 0 Å². The second kappa shape index (κ2) is 8.60. The molecule has 1 aromatic carbocycles. The Balaban J connectivity index is 1.83. The maximum absolute atomic E-state index is 13.1. The number of rotatable bonds is 6. The number of hydrogen-bond acceptors (Lipinski definition) is 4. The number of nitrogens with zero attached hydrogens (tertiary/aromatic N) is 1. The highest BCUT2D eigenvalue weighted by Gasteiger charge is 2.27. The summed E-state index contributed by atoms with van der Waals surface area (Å²) in [7, 11) is 0. The number of imidazole rings is 1. The highest BCUT2D eigenvalue weighted by atomic mass is 32.1. The number of amides is 2. The molecule has 0 aliphatic carbocycles. The van der Waals surface area contributed by atoms with Gasteiger partial charge >= 0.3 is 0 Å². The topological polar surface area (TPSA) is 86.9 Å². The Morgan fingerprint density at radius 2 is 1.93 bits per heavy atom. The van der Waals surface area contributed by atoms with Crippen LogP contribution in [0, 0.1) is 18.3 Å². The van der Waals surface area contributed by atoms with Gasteiger partial charge in [0.1, 0.15) is 5.82 Å². The smallest absolute Gasteiger partial charge is 0.262 e. The Labute approximate surface area is 181 Å². The largest absolute Gasteiger partial charge is 0.341 e. The van der Waals surface area contributed by atoms with Crippen LogP contribution in [0.4, 0.5) is 5.00 Å². The third kappa shape index (κ3) is 4.73. The van der Waals surface area contributed by atoms with E-state index in [0.717, 1.165) is 28.8 Å². The summed E-state index contributed by atoms with van der Waals surface area (Å²) >= 11 is 1.30. The molecule has 0 aliphatic rings. The minimum absolute atomic E-state index is 0.0736. The number of aromatic nitrogens is 2. The van der Waals surface area contributed by atoms with Crippen LogP contribution in [0.5, 0.6) is 0 Å². The van der Waals surface area contributed by atoms with Crippen molar-refractivity contribution >= 4 is 39.2 Å². The number of carbonyl (C=O) groups excluding carboxylic acids is 2. The van der Waals surface area contributed by atoms with Crippen LogP contribution >= 0.6 is 11.3 Å². The summed E-state index contributed by atoms with van der Waals surface area (Å²) in [5.41, 5.74) is 2.18. The maximum atomic E-state index is 13.1. The third-order valence-corrected chi connectivity index (χ3v) is 6.40. The minimum atomic E-state index is -0.497. The van der Waals surface area contributed by atoms with E-state index in [1.807, 2.05) is 58.0 Å². The van der Waals surface area contributed by atoms with Crippen molar-refractivity contribution in [2.45, 2.75) is 54.0 Å². The first-order chi connectivity index (χ1) is 14.1. The molecule has 0 saturated carbocycles. The zero-order valence-electron chi connectivity index (χ0n) is 18.4. The third-order valence-electron chi connectivity index (χ3n) is 5.24. The number of benzene rings is 1. The zero-order valence-corrected chi connectivity index (χ0v) is 19.2. The standard InChI is InChI=1S/C23H30N4O2S/c1-7-13(2)18(20-24-15-10-8-9-11-16(15)25-20)27-21(28)19-14(3)12-17(30-19)26-22(29)23(4,5)6/h8-13,18H,7H2,1-6H3,(H,24,25)(H,26,29)(H,27,28). The Hall–Kier alpha value is -2.67. The molecule has 3 N–H and O–H groups in total. The molecule has 3 aromatic rings. The molecule has 2 heterocycles. The number of para-hydroxylation sites is 2. The van der Waals surface area contributed by atoms with Crippen LogP contribution in [0.2, 0.25) is 0 Å². The molecule has 0 fully saturated rings. The number of nitrogens with one attached hydrogen (secondary N) is 3. The van der Waals surface area contributed by atoms with Crippen molar-refractivity contribution in [3.8, 4) is 0 Å². The number of anilines is 1. The number of fused-ring (bicyclic) bond motifs is 1. The number of aromatic amines is 1. The SMILES string of the molecule is CCC(C)C(NC(=O)c1sc(NC(=O)C(C)(C)C)cc1C)c1nc2ccccc2[nH]1. The average molecular weight is 427 g/mol. The van der Waals surface area contributed by atoms with E-state index in [9.17, 15) is 9.59 Å². The number of aryl methyl sites for hydroxylation is 1. The summed E-state index contributed by atoms with van der Waals surface area (Å²) in [6, 6.07) is 9.47. The molecule has 0 spiro atoms. The van der Waals surface area contributed by atoms with Crippen molar-refractivity contribution < 1.29 is 9.59 Å². The summed E-state index contributed by atoms with van der Waals surface area (Å²) in [6.45, 7) is 11.7. The first-order valence-electron chi connectivity index (χ1n) is 10.3. The van der Waals surface area contributed by atoms with Gasteiger partial charge in [-0.25, -0.2) is 4.98 Å². The quantitative estimate of drug-likeness (QED) is 0.491. The summed E-state index contributed by atoms with van der Waals surface area (Å²) in [5.74, 6) is 0.735. The van der Waals surface area contributed by atoms with E-state index >= 15 is 0 Å². The Morgan fingerprint density at radius 3 is 2.57 bits per heavy atom. The Kier molecular flexibility index (Phi) is 6.31. The van der Waals surface area contributed by atoms with Crippen molar-refractivity contribution in [2.24, 2.45) is 11.3 Å². The van der Waals surface area contributed by atoms with Crippen LogP contribution in [-0.2, 0) is 4.79 Å².